The summed E-state index contributed by atoms with van der Waals surface area (Å²) in [6, 6.07) is 0.833. The number of rotatable bonds is 2. The van der Waals surface area contributed by atoms with Crippen LogP contribution in [0.5, 0.6) is 11.5 Å². The van der Waals surface area contributed by atoms with E-state index < -0.39 is 38.8 Å². The summed E-state index contributed by atoms with van der Waals surface area (Å²) < 4.78 is 84.7. The van der Waals surface area contributed by atoms with E-state index in [0.717, 1.165) is 6.07 Å². The van der Waals surface area contributed by atoms with Crippen molar-refractivity contribution in [3.63, 3.8) is 0 Å². The molecule has 0 radical (unpaired) electrons. The normalized spacial score (nSPS) is 17.4. The van der Waals surface area contributed by atoms with E-state index in [9.17, 15) is 30.8 Å². The molecule has 0 saturated heterocycles. The van der Waals surface area contributed by atoms with Crippen LogP contribution >= 0.6 is 15.9 Å². The zero-order valence-electron chi connectivity index (χ0n) is 12.2. The van der Waals surface area contributed by atoms with Crippen LogP contribution in [-0.4, -0.2) is 25.1 Å². The molecule has 2 aromatic rings. The van der Waals surface area contributed by atoms with Crippen LogP contribution in [0.15, 0.2) is 21.4 Å². The molecule has 0 saturated carbocycles. The van der Waals surface area contributed by atoms with E-state index in [4.69, 9.17) is 4.74 Å². The van der Waals surface area contributed by atoms with E-state index in [1.54, 1.807) is 6.92 Å². The number of alkyl halides is 3. The van der Waals surface area contributed by atoms with Gasteiger partial charge in [0.1, 0.15) is 12.4 Å². The number of hydrogen-bond donors (Lipinski definition) is 0. The van der Waals surface area contributed by atoms with Gasteiger partial charge in [0.2, 0.25) is 0 Å². The fourth-order valence-corrected chi connectivity index (χ4v) is 3.36. The van der Waals surface area contributed by atoms with Crippen molar-refractivity contribution < 1.29 is 34.9 Å². The maximum Gasteiger partial charge on any atom is 0.534 e. The Labute approximate surface area is 146 Å². The Balaban J connectivity index is 2.38. The lowest BCUT2D eigenvalue weighted by Gasteiger charge is -2.27. The summed E-state index contributed by atoms with van der Waals surface area (Å²) >= 11 is 2.94. The molecule has 6 nitrogen and oxygen atoms in total. The summed E-state index contributed by atoms with van der Waals surface area (Å²) in [6.45, 7) is 1.62. The summed E-state index contributed by atoms with van der Waals surface area (Å²) in [7, 11) is -6.03. The molecular weight excluding hydrogens is 438 g/mol. The fraction of sp³-hybridized carbons (Fsp3) is 0.308. The molecule has 0 bridgehead atoms. The molecule has 1 aromatic carbocycles. The van der Waals surface area contributed by atoms with Gasteiger partial charge in [-0.1, -0.05) is 0 Å². The Hall–Kier alpha value is -1.82. The molecule has 1 atom stereocenters. The van der Waals surface area contributed by atoms with E-state index in [0.29, 0.717) is 6.07 Å². The summed E-state index contributed by atoms with van der Waals surface area (Å²) in [6.07, 6.45) is 0. The highest BCUT2D eigenvalue weighted by Crippen LogP contribution is 2.42. The van der Waals surface area contributed by atoms with Crippen LogP contribution in [0, 0.1) is 5.82 Å². The second-order valence-electron chi connectivity index (χ2n) is 5.26. The molecule has 0 unspecified atom stereocenters. The first-order valence-electron chi connectivity index (χ1n) is 6.65. The number of aromatic nitrogens is 1. The summed E-state index contributed by atoms with van der Waals surface area (Å²) in [4.78, 5) is 12.3. The lowest BCUT2D eigenvalue weighted by Crippen LogP contribution is -2.32. The van der Waals surface area contributed by atoms with Gasteiger partial charge in [0.05, 0.1) is 16.0 Å². The molecule has 0 spiro atoms. The van der Waals surface area contributed by atoms with Crippen molar-refractivity contribution in [1.29, 1.82) is 0 Å². The van der Waals surface area contributed by atoms with Crippen molar-refractivity contribution in [2.24, 2.45) is 0 Å². The van der Waals surface area contributed by atoms with Crippen molar-refractivity contribution >= 4 is 37.0 Å². The van der Waals surface area contributed by atoms with Gasteiger partial charge in [0, 0.05) is 11.5 Å². The Bertz CT molecular complexity index is 1050. The average Bonchev–Trinajstić information content (AvgIpc) is 2.47. The van der Waals surface area contributed by atoms with Gasteiger partial charge in [-0.25, -0.2) is 4.39 Å². The van der Waals surface area contributed by atoms with Crippen LogP contribution in [0.4, 0.5) is 17.6 Å². The minimum atomic E-state index is -6.03. The summed E-state index contributed by atoms with van der Waals surface area (Å²) in [5.74, 6) is -1.98. The topological polar surface area (TPSA) is 74.6 Å². The van der Waals surface area contributed by atoms with Crippen molar-refractivity contribution in [1.82, 2.24) is 4.57 Å². The third-order valence-corrected chi connectivity index (χ3v) is 5.25. The van der Waals surface area contributed by atoms with E-state index in [1.807, 2.05) is 0 Å². The van der Waals surface area contributed by atoms with Gasteiger partial charge < -0.3 is 8.92 Å². The monoisotopic (exact) mass is 445 g/mol. The molecule has 3 rings (SSSR count). The molecular formula is C13H8BrF4NO5S. The predicted molar refractivity (Wildman–Crippen MR) is 81.7 cm³/mol. The Kier molecular flexibility index (Phi) is 4.02. The Morgan fingerprint density at radius 2 is 2.00 bits per heavy atom. The smallest absolute Gasteiger partial charge is 0.488 e. The third kappa shape index (κ3) is 2.76. The minimum absolute atomic E-state index is 0.0190. The van der Waals surface area contributed by atoms with Crippen LogP contribution < -0.4 is 14.5 Å². The number of benzene rings is 1. The minimum Gasteiger partial charge on any atom is -0.488 e. The molecule has 1 aromatic heterocycles. The van der Waals surface area contributed by atoms with E-state index in [2.05, 4.69) is 20.1 Å². The Morgan fingerprint density at radius 3 is 2.60 bits per heavy atom. The lowest BCUT2D eigenvalue weighted by molar-refractivity contribution is -0.0499. The first-order valence-corrected chi connectivity index (χ1v) is 8.85. The molecule has 0 aliphatic carbocycles. The highest BCUT2D eigenvalue weighted by molar-refractivity contribution is 9.10. The molecule has 2 heterocycles. The standard InChI is InChI=1S/C13H8BrF4NO5S/c1-5-4-23-12-10(14)7(15)2-6-8(3-9(20)19(5)11(6)12)24-25(21,22)13(16,17)18/h2-3,5H,4H2,1H3/t5-/m0/s1. The van der Waals surface area contributed by atoms with E-state index in [-0.39, 0.29) is 27.7 Å². The quantitative estimate of drug-likeness (QED) is 0.403. The van der Waals surface area contributed by atoms with E-state index >= 15 is 0 Å². The average molecular weight is 446 g/mol. The zero-order chi connectivity index (χ0) is 18.7. The largest absolute Gasteiger partial charge is 0.534 e. The van der Waals surface area contributed by atoms with Crippen LogP contribution in [-0.2, 0) is 10.1 Å². The van der Waals surface area contributed by atoms with Crippen LogP contribution in [0.25, 0.3) is 10.9 Å². The highest BCUT2D eigenvalue weighted by atomic mass is 79.9. The van der Waals surface area contributed by atoms with Gasteiger partial charge in [-0.15, -0.1) is 0 Å². The van der Waals surface area contributed by atoms with Gasteiger partial charge >= 0.3 is 15.6 Å². The van der Waals surface area contributed by atoms with E-state index in [1.165, 1.54) is 4.57 Å². The van der Waals surface area contributed by atoms with Crippen molar-refractivity contribution in [2.45, 2.75) is 18.5 Å². The lowest BCUT2D eigenvalue weighted by atomic mass is 10.1. The molecule has 136 valence electrons. The number of ether oxygens (including phenoxy) is 1. The second kappa shape index (κ2) is 5.59. The molecule has 0 N–H and O–H groups in total. The zero-order valence-corrected chi connectivity index (χ0v) is 14.6. The molecule has 1 aliphatic heterocycles. The van der Waals surface area contributed by atoms with Crippen molar-refractivity contribution in [3.8, 4) is 11.5 Å². The van der Waals surface area contributed by atoms with Gasteiger partial charge in [-0.05, 0) is 28.9 Å². The van der Waals surface area contributed by atoms with Gasteiger partial charge in [0.25, 0.3) is 5.56 Å². The predicted octanol–water partition coefficient (Wildman–Crippen LogP) is 3.08. The second-order valence-corrected chi connectivity index (χ2v) is 7.59. The SMILES string of the molecule is C[C@H]1COc2c(Br)c(F)cc3c(OS(=O)(=O)C(F)(F)F)cc(=O)n1c23. The maximum absolute atomic E-state index is 14.1. The van der Waals surface area contributed by atoms with Gasteiger partial charge in [-0.2, -0.15) is 21.6 Å². The van der Waals surface area contributed by atoms with Crippen molar-refractivity contribution in [3.05, 3.63) is 32.8 Å². The van der Waals surface area contributed by atoms with Gasteiger partial charge in [-0.3, -0.25) is 9.36 Å². The number of hydrogen-bond acceptors (Lipinski definition) is 5. The number of halogens is 5. The molecule has 1 aliphatic rings. The van der Waals surface area contributed by atoms with Gasteiger partial charge in [0.15, 0.2) is 11.5 Å². The summed E-state index contributed by atoms with van der Waals surface area (Å²) in [5, 5.41) is -0.338. The molecule has 12 heteroatoms. The molecule has 25 heavy (non-hydrogen) atoms. The fourth-order valence-electron chi connectivity index (χ4n) is 2.47. The number of pyridine rings is 1. The van der Waals surface area contributed by atoms with Crippen LogP contribution in [0.3, 0.4) is 0 Å². The Morgan fingerprint density at radius 1 is 1.36 bits per heavy atom. The first-order chi connectivity index (χ1) is 11.4. The van der Waals surface area contributed by atoms with Crippen molar-refractivity contribution in [2.75, 3.05) is 6.61 Å². The van der Waals surface area contributed by atoms with Crippen LogP contribution in [0.1, 0.15) is 13.0 Å². The molecule has 0 amide bonds. The van der Waals surface area contributed by atoms with Crippen LogP contribution in [0.2, 0.25) is 0 Å². The number of nitrogens with zero attached hydrogens (tertiary/aromatic N) is 1. The maximum atomic E-state index is 14.1. The first kappa shape index (κ1) is 18.0. The highest BCUT2D eigenvalue weighted by Gasteiger charge is 2.49. The third-order valence-electron chi connectivity index (χ3n) is 3.54. The summed E-state index contributed by atoms with van der Waals surface area (Å²) in [5.41, 5.74) is -6.58. The molecule has 0 fully saturated rings.